The Labute approximate surface area is 114 Å². The third-order valence-electron chi connectivity index (χ3n) is 2.02. The van der Waals surface area contributed by atoms with Crippen LogP contribution < -0.4 is 0 Å². The quantitative estimate of drug-likeness (QED) is 0.746. The number of carbonyl (C=O) groups excluding carboxylic acids is 3. The van der Waals surface area contributed by atoms with Crippen molar-refractivity contribution in [2.45, 2.75) is 25.0 Å². The van der Waals surface area contributed by atoms with Crippen molar-refractivity contribution in [3.05, 3.63) is 17.5 Å². The molecule has 9 heteroatoms. The third kappa shape index (κ3) is 2.99. The molecule has 1 rings (SSSR count). The molecule has 0 fully saturated rings. The summed E-state index contributed by atoms with van der Waals surface area (Å²) in [6, 6.07) is 2.77. The van der Waals surface area contributed by atoms with Gasteiger partial charge in [-0.2, -0.15) is 13.4 Å². The van der Waals surface area contributed by atoms with Crippen molar-refractivity contribution < 1.29 is 22.8 Å². The van der Waals surface area contributed by atoms with Gasteiger partial charge in [0.2, 0.25) is 11.8 Å². The van der Waals surface area contributed by atoms with Crippen LogP contribution in [0, 0.1) is 0 Å². The lowest BCUT2D eigenvalue weighted by atomic mass is 10.6. The molecule has 0 atom stereocenters. The van der Waals surface area contributed by atoms with E-state index in [1.54, 1.807) is 0 Å². The number of rotatable bonds is 2. The second kappa shape index (κ2) is 5.49. The zero-order chi connectivity index (χ0) is 14.8. The Kier molecular flexibility index (Phi) is 4.43. The van der Waals surface area contributed by atoms with Gasteiger partial charge in [0.05, 0.1) is 0 Å². The molecule has 19 heavy (non-hydrogen) atoms. The van der Waals surface area contributed by atoms with Gasteiger partial charge in [0.15, 0.2) is 0 Å². The number of nitrogens with zero attached hydrogens (tertiary/aromatic N) is 2. The summed E-state index contributed by atoms with van der Waals surface area (Å²) in [6.07, 6.45) is 0. The van der Waals surface area contributed by atoms with Crippen LogP contribution in [0.2, 0.25) is 0 Å². The number of hydrazine groups is 1. The van der Waals surface area contributed by atoms with E-state index in [1.165, 1.54) is 17.5 Å². The van der Waals surface area contributed by atoms with Gasteiger partial charge in [-0.05, 0) is 11.4 Å². The summed E-state index contributed by atoms with van der Waals surface area (Å²) in [7, 11) is -4.26. The molecule has 0 unspecified atom stereocenters. The molecule has 0 spiro atoms. The summed E-state index contributed by atoms with van der Waals surface area (Å²) >= 11 is 0.885. The topological polar surface area (TPSA) is 91.8 Å². The Balaban J connectivity index is 3.41. The SMILES string of the molecule is CC(=O)N(C(C)=O)N(C(C)=O)S(=O)(=O)c1cccs1. The van der Waals surface area contributed by atoms with Gasteiger partial charge in [0, 0.05) is 20.8 Å². The molecule has 0 bridgehead atoms. The number of hydrogen-bond donors (Lipinski definition) is 0. The smallest absolute Gasteiger partial charge is 0.273 e. The van der Waals surface area contributed by atoms with Crippen molar-refractivity contribution >= 4 is 39.1 Å². The van der Waals surface area contributed by atoms with E-state index in [0.717, 1.165) is 32.1 Å². The highest BCUT2D eigenvalue weighted by Gasteiger charge is 2.37. The summed E-state index contributed by atoms with van der Waals surface area (Å²) in [5.74, 6) is -2.66. The first-order valence-electron chi connectivity index (χ1n) is 5.10. The number of hydrogen-bond acceptors (Lipinski definition) is 6. The molecule has 1 aromatic rings. The summed E-state index contributed by atoms with van der Waals surface area (Å²) in [5, 5.41) is 1.81. The van der Waals surface area contributed by atoms with Crippen molar-refractivity contribution in [1.82, 2.24) is 9.42 Å². The van der Waals surface area contributed by atoms with E-state index in [0.29, 0.717) is 5.01 Å². The van der Waals surface area contributed by atoms with Crippen LogP contribution >= 0.6 is 11.3 Å². The first kappa shape index (κ1) is 15.3. The van der Waals surface area contributed by atoms with Gasteiger partial charge in [-0.15, -0.1) is 15.8 Å². The second-order valence-electron chi connectivity index (χ2n) is 3.55. The second-order valence-corrected chi connectivity index (χ2v) is 6.49. The van der Waals surface area contributed by atoms with Crippen LogP contribution in [0.25, 0.3) is 0 Å². The van der Waals surface area contributed by atoms with Crippen LogP contribution in [0.1, 0.15) is 20.8 Å². The molecule has 3 amide bonds. The van der Waals surface area contributed by atoms with E-state index >= 15 is 0 Å². The van der Waals surface area contributed by atoms with Gasteiger partial charge in [-0.1, -0.05) is 6.07 Å². The van der Waals surface area contributed by atoms with Crippen LogP contribution in [-0.4, -0.2) is 35.6 Å². The molecule has 104 valence electrons. The standard InChI is InChI=1S/C10H12N2O5S2/c1-7(13)11(8(2)14)12(9(3)15)19(16,17)10-5-4-6-18-10/h4-6H,1-3H3. The maximum Gasteiger partial charge on any atom is 0.294 e. The first-order valence-corrected chi connectivity index (χ1v) is 7.42. The summed E-state index contributed by atoms with van der Waals surface area (Å²) in [4.78, 5) is 34.3. The lowest BCUT2D eigenvalue weighted by Gasteiger charge is -2.28. The van der Waals surface area contributed by atoms with Crippen LogP contribution in [0.3, 0.4) is 0 Å². The van der Waals surface area contributed by atoms with E-state index in [-0.39, 0.29) is 8.62 Å². The van der Waals surface area contributed by atoms with Crippen molar-refractivity contribution in [1.29, 1.82) is 0 Å². The Morgan fingerprint density at radius 2 is 1.58 bits per heavy atom. The molecule has 1 heterocycles. The number of imide groups is 1. The number of carbonyl (C=O) groups is 3. The molecule has 0 aliphatic heterocycles. The van der Waals surface area contributed by atoms with Crippen LogP contribution in [0.5, 0.6) is 0 Å². The van der Waals surface area contributed by atoms with Gasteiger partial charge >= 0.3 is 0 Å². The monoisotopic (exact) mass is 304 g/mol. The number of amides is 3. The minimum atomic E-state index is -4.26. The molecule has 0 saturated heterocycles. The van der Waals surface area contributed by atoms with Crippen LogP contribution in [-0.2, 0) is 24.4 Å². The largest absolute Gasteiger partial charge is 0.294 e. The van der Waals surface area contributed by atoms with Gasteiger partial charge in [-0.25, -0.2) is 0 Å². The molecule has 1 aromatic heterocycles. The van der Waals surface area contributed by atoms with E-state index < -0.39 is 27.7 Å². The van der Waals surface area contributed by atoms with Gasteiger partial charge in [0.25, 0.3) is 15.9 Å². The highest BCUT2D eigenvalue weighted by molar-refractivity contribution is 7.91. The lowest BCUT2D eigenvalue weighted by Crippen LogP contribution is -2.53. The summed E-state index contributed by atoms with van der Waals surface area (Å²) in [6.45, 7) is 2.96. The predicted molar refractivity (Wildman–Crippen MR) is 67.2 cm³/mol. The third-order valence-corrected chi connectivity index (χ3v) is 5.13. The molecule has 0 N–H and O–H groups in total. The fraction of sp³-hybridized carbons (Fsp3) is 0.300. The lowest BCUT2D eigenvalue weighted by molar-refractivity contribution is -0.161. The molecule has 0 aliphatic rings. The zero-order valence-corrected chi connectivity index (χ0v) is 12.1. The first-order chi connectivity index (χ1) is 8.69. The average Bonchev–Trinajstić information content (AvgIpc) is 2.77. The summed E-state index contributed by atoms with van der Waals surface area (Å²) in [5.41, 5.74) is 0. The van der Waals surface area contributed by atoms with Crippen molar-refractivity contribution in [3.8, 4) is 0 Å². The number of sulfonamides is 1. The molecule has 0 aromatic carbocycles. The maximum absolute atomic E-state index is 12.3. The van der Waals surface area contributed by atoms with Gasteiger partial charge in [0.1, 0.15) is 4.21 Å². The Hall–Kier alpha value is -1.74. The van der Waals surface area contributed by atoms with Crippen LogP contribution in [0.15, 0.2) is 21.7 Å². The molecule has 0 saturated carbocycles. The highest BCUT2D eigenvalue weighted by Crippen LogP contribution is 2.22. The molecule has 0 radical (unpaired) electrons. The number of thiophene rings is 1. The summed E-state index contributed by atoms with van der Waals surface area (Å²) < 4.78 is 24.6. The fourth-order valence-electron chi connectivity index (χ4n) is 1.39. The molecule has 0 aliphatic carbocycles. The normalized spacial score (nSPS) is 10.9. The van der Waals surface area contributed by atoms with E-state index in [4.69, 9.17) is 0 Å². The van der Waals surface area contributed by atoms with Gasteiger partial charge < -0.3 is 0 Å². The minimum Gasteiger partial charge on any atom is -0.273 e. The van der Waals surface area contributed by atoms with Crippen molar-refractivity contribution in [3.63, 3.8) is 0 Å². The minimum absolute atomic E-state index is 0.129. The van der Waals surface area contributed by atoms with E-state index in [1.807, 2.05) is 0 Å². The van der Waals surface area contributed by atoms with E-state index in [2.05, 4.69) is 0 Å². The fourth-order valence-corrected chi connectivity index (χ4v) is 3.91. The molecule has 7 nitrogen and oxygen atoms in total. The van der Waals surface area contributed by atoms with Crippen LogP contribution in [0.4, 0.5) is 0 Å². The maximum atomic E-state index is 12.3. The Morgan fingerprint density at radius 3 is 1.89 bits per heavy atom. The Bertz CT molecular complexity index is 592. The average molecular weight is 304 g/mol. The Morgan fingerprint density at radius 1 is 1.05 bits per heavy atom. The molecular weight excluding hydrogens is 292 g/mol. The molecular formula is C10H12N2O5S2. The highest BCUT2D eigenvalue weighted by atomic mass is 32.2. The van der Waals surface area contributed by atoms with Crippen molar-refractivity contribution in [2.24, 2.45) is 0 Å². The van der Waals surface area contributed by atoms with Gasteiger partial charge in [-0.3, -0.25) is 14.4 Å². The van der Waals surface area contributed by atoms with E-state index in [9.17, 15) is 22.8 Å². The van der Waals surface area contributed by atoms with Crippen molar-refractivity contribution in [2.75, 3.05) is 0 Å². The zero-order valence-electron chi connectivity index (χ0n) is 10.5. The predicted octanol–water partition coefficient (Wildman–Crippen LogP) is 0.595.